The Morgan fingerprint density at radius 1 is 1.22 bits per heavy atom. The smallest absolute Gasteiger partial charge is 0.222 e. The average Bonchev–Trinajstić information content (AvgIpc) is 3.32. The lowest BCUT2D eigenvalue weighted by atomic mass is 10.0. The maximum absolute atomic E-state index is 11.9. The molecule has 0 unspecified atom stereocenters. The quantitative estimate of drug-likeness (QED) is 0.473. The lowest BCUT2D eigenvalue weighted by Crippen LogP contribution is -2.34. The zero-order valence-corrected chi connectivity index (χ0v) is 19.8. The highest BCUT2D eigenvalue weighted by Crippen LogP contribution is 2.30. The molecule has 0 radical (unpaired) electrons. The van der Waals surface area contributed by atoms with Crippen LogP contribution in [0.25, 0.3) is 16.6 Å². The van der Waals surface area contributed by atoms with Crippen molar-refractivity contribution in [3.8, 4) is 12.3 Å². The summed E-state index contributed by atoms with van der Waals surface area (Å²) in [5, 5.41) is 4.46. The molecule has 3 aromatic rings. The molecule has 1 aromatic carbocycles. The van der Waals surface area contributed by atoms with E-state index in [1.807, 2.05) is 69.9 Å². The number of benzene rings is 1. The number of rotatable bonds is 4. The summed E-state index contributed by atoms with van der Waals surface area (Å²) < 4.78 is 0. The number of anilines is 2. The molecule has 1 amide bonds. The Hall–Kier alpha value is -3.52. The van der Waals surface area contributed by atoms with Crippen molar-refractivity contribution in [3.05, 3.63) is 59.9 Å². The van der Waals surface area contributed by atoms with Gasteiger partial charge in [-0.3, -0.25) is 4.79 Å². The van der Waals surface area contributed by atoms with Crippen molar-refractivity contribution in [1.82, 2.24) is 14.9 Å². The van der Waals surface area contributed by atoms with Crippen LogP contribution in [0, 0.1) is 12.3 Å². The van der Waals surface area contributed by atoms with Gasteiger partial charge >= 0.3 is 0 Å². The van der Waals surface area contributed by atoms with Crippen LogP contribution in [0.15, 0.2) is 48.7 Å². The summed E-state index contributed by atoms with van der Waals surface area (Å²) in [7, 11) is 0. The molecule has 1 aliphatic heterocycles. The van der Waals surface area contributed by atoms with E-state index in [-0.39, 0.29) is 5.91 Å². The van der Waals surface area contributed by atoms with E-state index in [1.165, 1.54) is 5.57 Å². The van der Waals surface area contributed by atoms with Crippen LogP contribution in [0.4, 0.5) is 11.4 Å². The molecular formula is C27H34N4O. The molecule has 32 heavy (non-hydrogen) atoms. The monoisotopic (exact) mass is 430 g/mol. The summed E-state index contributed by atoms with van der Waals surface area (Å²) in [5.41, 5.74) is 5.86. The van der Waals surface area contributed by atoms with E-state index in [4.69, 9.17) is 6.42 Å². The number of carbonyl (C=O) groups excluding carboxylic acids is 1. The normalized spacial score (nSPS) is 12.5. The van der Waals surface area contributed by atoms with Crippen molar-refractivity contribution in [2.24, 2.45) is 0 Å². The first kappa shape index (κ1) is 24.7. The first-order valence-electron chi connectivity index (χ1n) is 11.5. The second-order valence-electron chi connectivity index (χ2n) is 6.83. The van der Waals surface area contributed by atoms with Gasteiger partial charge in [0.1, 0.15) is 5.65 Å². The number of nitrogens with zero attached hydrogens (tertiary/aromatic N) is 2. The van der Waals surface area contributed by atoms with Gasteiger partial charge in [-0.15, -0.1) is 6.42 Å². The lowest BCUT2D eigenvalue weighted by Gasteiger charge is -2.25. The van der Waals surface area contributed by atoms with Gasteiger partial charge in [-0.1, -0.05) is 52.7 Å². The third kappa shape index (κ3) is 5.79. The Balaban J connectivity index is 0.000000860. The topological polar surface area (TPSA) is 61.0 Å². The highest BCUT2D eigenvalue weighted by Gasteiger charge is 2.18. The van der Waals surface area contributed by atoms with Gasteiger partial charge < -0.3 is 15.2 Å². The Bertz CT molecular complexity index is 1100. The Morgan fingerprint density at radius 3 is 2.66 bits per heavy atom. The van der Waals surface area contributed by atoms with E-state index in [1.54, 1.807) is 6.20 Å². The molecule has 5 heteroatoms. The van der Waals surface area contributed by atoms with Crippen LogP contribution in [0.5, 0.6) is 0 Å². The second kappa shape index (κ2) is 12.4. The van der Waals surface area contributed by atoms with Gasteiger partial charge in [0, 0.05) is 48.0 Å². The summed E-state index contributed by atoms with van der Waals surface area (Å²) in [5.74, 6) is 2.86. The van der Waals surface area contributed by atoms with Crippen molar-refractivity contribution in [3.63, 3.8) is 0 Å². The lowest BCUT2D eigenvalue weighted by molar-refractivity contribution is -0.130. The molecule has 168 valence electrons. The van der Waals surface area contributed by atoms with E-state index in [0.717, 1.165) is 46.6 Å². The number of nitrogens with one attached hydrogen (secondary N) is 2. The minimum Gasteiger partial charge on any atom is -0.355 e. The molecule has 1 aliphatic rings. The predicted octanol–water partition coefficient (Wildman–Crippen LogP) is 6.37. The van der Waals surface area contributed by atoms with Crippen LogP contribution in [0.3, 0.4) is 0 Å². The number of aromatic nitrogens is 2. The molecule has 4 rings (SSSR count). The number of carbonyl (C=O) groups is 1. The van der Waals surface area contributed by atoms with Gasteiger partial charge in [-0.05, 0) is 42.3 Å². The molecule has 2 aromatic heterocycles. The van der Waals surface area contributed by atoms with Gasteiger partial charge in [0.25, 0.3) is 0 Å². The van der Waals surface area contributed by atoms with Crippen molar-refractivity contribution >= 4 is 33.9 Å². The summed E-state index contributed by atoms with van der Waals surface area (Å²) >= 11 is 0. The number of hydrogen-bond acceptors (Lipinski definition) is 3. The molecule has 0 aliphatic carbocycles. The second-order valence-corrected chi connectivity index (χ2v) is 6.83. The highest BCUT2D eigenvalue weighted by atomic mass is 16.2. The fourth-order valence-electron chi connectivity index (χ4n) is 3.52. The molecule has 0 fully saturated rings. The van der Waals surface area contributed by atoms with E-state index in [2.05, 4.69) is 33.3 Å². The number of H-pyrrole nitrogens is 1. The zero-order valence-electron chi connectivity index (χ0n) is 19.8. The SMILES string of the molecule is C#Cc1cccc(Nc2ccnc3[nH]c(C4=CCN(C(=O)CC)CC4)cc23)c1.CC.CC. The fourth-order valence-corrected chi connectivity index (χ4v) is 3.52. The molecule has 2 N–H and O–H groups in total. The number of terminal acetylenes is 1. The Kier molecular flexibility index (Phi) is 9.56. The first-order chi connectivity index (χ1) is 15.7. The van der Waals surface area contributed by atoms with E-state index in [0.29, 0.717) is 13.0 Å². The number of hydrogen-bond donors (Lipinski definition) is 2. The van der Waals surface area contributed by atoms with Gasteiger partial charge in [-0.2, -0.15) is 0 Å². The van der Waals surface area contributed by atoms with E-state index in [9.17, 15) is 4.79 Å². The third-order valence-electron chi connectivity index (χ3n) is 5.05. The highest BCUT2D eigenvalue weighted by molar-refractivity contribution is 5.94. The molecule has 0 bridgehead atoms. The molecular weight excluding hydrogens is 396 g/mol. The van der Waals surface area contributed by atoms with Gasteiger partial charge in [0.05, 0.1) is 5.69 Å². The van der Waals surface area contributed by atoms with Crippen LogP contribution < -0.4 is 5.32 Å². The molecule has 3 heterocycles. The number of aromatic amines is 1. The number of pyridine rings is 1. The largest absolute Gasteiger partial charge is 0.355 e. The minimum atomic E-state index is 0.203. The standard InChI is InChI=1S/C23H22N4O.2C2H6/c1-3-16-6-5-7-18(14-16)25-20-8-11-24-23-19(20)15-21(26-23)17-9-12-27(13-10-17)22(28)4-2;2*1-2/h1,5-9,11,14-15H,4,10,12-13H2,2H3,(H2,24,25,26);2*1-2H3. The zero-order chi connectivity index (χ0) is 23.5. The molecule has 5 nitrogen and oxygen atoms in total. The van der Waals surface area contributed by atoms with Crippen molar-refractivity contribution in [2.45, 2.75) is 47.5 Å². The van der Waals surface area contributed by atoms with Crippen molar-refractivity contribution in [1.29, 1.82) is 0 Å². The average molecular weight is 431 g/mol. The fraction of sp³-hybridized carbons (Fsp3) is 0.333. The maximum Gasteiger partial charge on any atom is 0.222 e. The van der Waals surface area contributed by atoms with Crippen LogP contribution >= 0.6 is 0 Å². The summed E-state index contributed by atoms with van der Waals surface area (Å²) in [6.07, 6.45) is 10.8. The van der Waals surface area contributed by atoms with E-state index >= 15 is 0 Å². The predicted molar refractivity (Wildman–Crippen MR) is 136 cm³/mol. The number of amides is 1. The van der Waals surface area contributed by atoms with E-state index < -0.39 is 0 Å². The minimum absolute atomic E-state index is 0.203. The van der Waals surface area contributed by atoms with Crippen LogP contribution in [-0.2, 0) is 4.79 Å². The summed E-state index contributed by atoms with van der Waals surface area (Å²) in [6.45, 7) is 11.3. The number of fused-ring (bicyclic) bond motifs is 1. The van der Waals surface area contributed by atoms with Gasteiger partial charge in [-0.25, -0.2) is 4.98 Å². The molecule has 0 saturated carbocycles. The maximum atomic E-state index is 11.9. The van der Waals surface area contributed by atoms with Crippen molar-refractivity contribution < 1.29 is 4.79 Å². The summed E-state index contributed by atoms with van der Waals surface area (Å²) in [6, 6.07) is 11.9. The first-order valence-corrected chi connectivity index (χ1v) is 11.5. The third-order valence-corrected chi connectivity index (χ3v) is 5.05. The Morgan fingerprint density at radius 2 is 2.00 bits per heavy atom. The Labute approximate surface area is 191 Å². The van der Waals surface area contributed by atoms with Gasteiger partial charge in [0.15, 0.2) is 0 Å². The van der Waals surface area contributed by atoms with Crippen LogP contribution in [0.1, 0.15) is 58.7 Å². The summed E-state index contributed by atoms with van der Waals surface area (Å²) in [4.78, 5) is 21.7. The van der Waals surface area contributed by atoms with Crippen LogP contribution in [-0.4, -0.2) is 33.9 Å². The van der Waals surface area contributed by atoms with Crippen molar-refractivity contribution in [2.75, 3.05) is 18.4 Å². The van der Waals surface area contributed by atoms with Crippen LogP contribution in [0.2, 0.25) is 0 Å². The molecule has 0 spiro atoms. The van der Waals surface area contributed by atoms with Gasteiger partial charge in [0.2, 0.25) is 5.91 Å². The molecule has 0 saturated heterocycles. The molecule has 0 atom stereocenters.